The fourth-order valence-corrected chi connectivity index (χ4v) is 2.26. The molecule has 0 spiro atoms. The Bertz CT molecular complexity index is 436. The molecule has 1 aliphatic rings. The monoisotopic (exact) mass is 375 g/mol. The summed E-state index contributed by atoms with van der Waals surface area (Å²) in [5.41, 5.74) is 8.46. The highest BCUT2D eigenvalue weighted by Crippen LogP contribution is 2.24. The Labute approximate surface area is 132 Å². The van der Waals surface area contributed by atoms with Crippen molar-refractivity contribution in [2.75, 3.05) is 26.2 Å². The minimum absolute atomic E-state index is 0. The van der Waals surface area contributed by atoms with E-state index in [9.17, 15) is 0 Å². The van der Waals surface area contributed by atoms with Gasteiger partial charge in [-0.3, -0.25) is 4.99 Å². The van der Waals surface area contributed by atoms with Crippen LogP contribution in [0.25, 0.3) is 0 Å². The van der Waals surface area contributed by atoms with E-state index < -0.39 is 0 Å². The zero-order valence-corrected chi connectivity index (χ0v) is 13.8. The molecule has 2 N–H and O–H groups in total. The van der Waals surface area contributed by atoms with Crippen LogP contribution >= 0.6 is 24.0 Å². The quantitative estimate of drug-likeness (QED) is 0.491. The Morgan fingerprint density at radius 2 is 2.21 bits per heavy atom. The Balaban J connectivity index is 0.00000180. The Kier molecular flexibility index (Phi) is 6.57. The van der Waals surface area contributed by atoms with Crippen LogP contribution in [0, 0.1) is 6.92 Å². The van der Waals surface area contributed by atoms with E-state index in [-0.39, 0.29) is 30.1 Å². The second kappa shape index (κ2) is 7.69. The van der Waals surface area contributed by atoms with Crippen LogP contribution in [0.5, 0.6) is 0 Å². The van der Waals surface area contributed by atoms with Gasteiger partial charge in [0.25, 0.3) is 0 Å². The van der Waals surface area contributed by atoms with E-state index in [0.717, 1.165) is 19.6 Å². The number of ether oxygens (including phenoxy) is 1. The Hall–Kier alpha value is -0.820. The van der Waals surface area contributed by atoms with Crippen LogP contribution in [0.15, 0.2) is 29.3 Å². The van der Waals surface area contributed by atoms with Crippen LogP contribution in [0.1, 0.15) is 24.2 Å². The summed E-state index contributed by atoms with van der Waals surface area (Å²) in [4.78, 5) is 6.36. The van der Waals surface area contributed by atoms with Crippen molar-refractivity contribution in [2.45, 2.75) is 20.0 Å². The summed E-state index contributed by atoms with van der Waals surface area (Å²) in [5, 5.41) is 0. The van der Waals surface area contributed by atoms with Crippen molar-refractivity contribution in [3.05, 3.63) is 35.4 Å². The second-order valence-electron chi connectivity index (χ2n) is 4.49. The number of guanidine groups is 1. The predicted octanol–water partition coefficient (Wildman–Crippen LogP) is 2.32. The third-order valence-electron chi connectivity index (χ3n) is 3.25. The summed E-state index contributed by atoms with van der Waals surface area (Å²) >= 11 is 0. The summed E-state index contributed by atoms with van der Waals surface area (Å²) < 4.78 is 5.85. The van der Waals surface area contributed by atoms with Crippen molar-refractivity contribution in [3.8, 4) is 0 Å². The topological polar surface area (TPSA) is 50.8 Å². The number of halogens is 1. The van der Waals surface area contributed by atoms with Crippen molar-refractivity contribution in [3.63, 3.8) is 0 Å². The average molecular weight is 375 g/mol. The van der Waals surface area contributed by atoms with Crippen molar-refractivity contribution >= 4 is 29.9 Å². The summed E-state index contributed by atoms with van der Waals surface area (Å²) in [7, 11) is 0. The maximum atomic E-state index is 5.96. The first-order valence-corrected chi connectivity index (χ1v) is 6.44. The molecule has 4 nitrogen and oxygen atoms in total. The maximum absolute atomic E-state index is 5.96. The van der Waals surface area contributed by atoms with Gasteiger partial charge in [0.1, 0.15) is 6.10 Å². The molecule has 0 bridgehead atoms. The number of rotatable bonds is 2. The molecule has 19 heavy (non-hydrogen) atoms. The maximum Gasteiger partial charge on any atom is 0.191 e. The molecule has 1 atom stereocenters. The van der Waals surface area contributed by atoms with E-state index in [1.807, 2.05) is 19.1 Å². The molecule has 0 aromatic heterocycles. The lowest BCUT2D eigenvalue weighted by Gasteiger charge is -2.34. The average Bonchev–Trinajstić information content (AvgIpc) is 2.40. The number of aliphatic imine (C=N–C) groups is 1. The minimum Gasteiger partial charge on any atom is -0.370 e. The van der Waals surface area contributed by atoms with Crippen molar-refractivity contribution in [2.24, 2.45) is 10.7 Å². The fourth-order valence-electron chi connectivity index (χ4n) is 2.26. The number of nitrogens with zero attached hydrogens (tertiary/aromatic N) is 2. The van der Waals surface area contributed by atoms with Crippen LogP contribution in [-0.2, 0) is 4.74 Å². The standard InChI is InChI=1S/C14H21N3O.HI/c1-3-16-14(15)17-8-9-18-13(10-17)12-7-5-4-6-11(12)2;/h4-7,13H,3,8-10H2,1-2H3,(H2,15,16);1H. The number of hydrogen-bond donors (Lipinski definition) is 1. The summed E-state index contributed by atoms with van der Waals surface area (Å²) in [6.45, 7) is 7.11. The van der Waals surface area contributed by atoms with Gasteiger partial charge in [-0.25, -0.2) is 0 Å². The van der Waals surface area contributed by atoms with Gasteiger partial charge in [0.15, 0.2) is 5.96 Å². The molecule has 1 fully saturated rings. The van der Waals surface area contributed by atoms with E-state index >= 15 is 0 Å². The van der Waals surface area contributed by atoms with Crippen LogP contribution in [-0.4, -0.2) is 37.1 Å². The molecule has 0 amide bonds. The molecule has 0 radical (unpaired) electrons. The molecule has 5 heteroatoms. The van der Waals surface area contributed by atoms with E-state index in [1.165, 1.54) is 11.1 Å². The third kappa shape index (κ3) is 4.07. The second-order valence-corrected chi connectivity index (χ2v) is 4.49. The van der Waals surface area contributed by atoms with Gasteiger partial charge >= 0.3 is 0 Å². The molecular formula is C14H22IN3O. The van der Waals surface area contributed by atoms with Gasteiger partial charge in [0.05, 0.1) is 13.2 Å². The fraction of sp³-hybridized carbons (Fsp3) is 0.500. The highest BCUT2D eigenvalue weighted by molar-refractivity contribution is 14.0. The normalized spacial score (nSPS) is 20.0. The van der Waals surface area contributed by atoms with Crippen LogP contribution in [0.3, 0.4) is 0 Å². The van der Waals surface area contributed by atoms with Crippen molar-refractivity contribution in [1.29, 1.82) is 0 Å². The first-order valence-electron chi connectivity index (χ1n) is 6.44. The summed E-state index contributed by atoms with van der Waals surface area (Å²) in [6.07, 6.45) is 0.0885. The zero-order valence-electron chi connectivity index (χ0n) is 11.5. The van der Waals surface area contributed by atoms with E-state index in [1.54, 1.807) is 0 Å². The Morgan fingerprint density at radius 1 is 1.47 bits per heavy atom. The van der Waals surface area contributed by atoms with Gasteiger partial charge in [-0.1, -0.05) is 24.3 Å². The highest BCUT2D eigenvalue weighted by Gasteiger charge is 2.23. The van der Waals surface area contributed by atoms with E-state index in [0.29, 0.717) is 12.6 Å². The largest absolute Gasteiger partial charge is 0.370 e. The van der Waals surface area contributed by atoms with Crippen LogP contribution in [0.2, 0.25) is 0 Å². The van der Waals surface area contributed by atoms with Crippen LogP contribution < -0.4 is 5.73 Å². The van der Waals surface area contributed by atoms with Gasteiger partial charge in [-0.2, -0.15) is 0 Å². The molecule has 0 aliphatic carbocycles. The number of aryl methyl sites for hydroxylation is 1. The van der Waals surface area contributed by atoms with Crippen molar-refractivity contribution < 1.29 is 4.74 Å². The highest BCUT2D eigenvalue weighted by atomic mass is 127. The molecule has 0 saturated carbocycles. The van der Waals surface area contributed by atoms with Gasteiger partial charge in [0.2, 0.25) is 0 Å². The lowest BCUT2D eigenvalue weighted by molar-refractivity contribution is -0.00766. The van der Waals surface area contributed by atoms with Gasteiger partial charge in [-0.15, -0.1) is 24.0 Å². The number of benzene rings is 1. The van der Waals surface area contributed by atoms with Crippen molar-refractivity contribution in [1.82, 2.24) is 4.90 Å². The molecule has 2 rings (SSSR count). The van der Waals surface area contributed by atoms with Crippen LogP contribution in [0.4, 0.5) is 0 Å². The van der Waals surface area contributed by atoms with E-state index in [4.69, 9.17) is 10.5 Å². The Morgan fingerprint density at radius 3 is 2.89 bits per heavy atom. The third-order valence-corrected chi connectivity index (χ3v) is 3.25. The van der Waals surface area contributed by atoms with E-state index in [2.05, 4.69) is 28.9 Å². The molecule has 1 saturated heterocycles. The molecule has 1 unspecified atom stereocenters. The lowest BCUT2D eigenvalue weighted by atomic mass is 10.0. The number of hydrogen-bond acceptors (Lipinski definition) is 2. The number of nitrogens with two attached hydrogens (primary N) is 1. The van der Waals surface area contributed by atoms with Gasteiger partial charge in [-0.05, 0) is 25.0 Å². The zero-order chi connectivity index (χ0) is 13.0. The SMILES string of the molecule is CCN=C(N)N1CCOC(c2ccccc2C)C1.I. The van der Waals surface area contributed by atoms with Gasteiger partial charge < -0.3 is 15.4 Å². The molecular weight excluding hydrogens is 353 g/mol. The molecule has 1 aromatic rings. The first-order chi connectivity index (χ1) is 8.72. The smallest absolute Gasteiger partial charge is 0.191 e. The minimum atomic E-state index is 0. The molecule has 1 aliphatic heterocycles. The predicted molar refractivity (Wildman–Crippen MR) is 89.0 cm³/mol. The molecule has 1 aromatic carbocycles. The first kappa shape index (κ1) is 16.2. The lowest BCUT2D eigenvalue weighted by Crippen LogP contribution is -2.46. The summed E-state index contributed by atoms with van der Waals surface area (Å²) in [5.74, 6) is 0.624. The molecule has 106 valence electrons. The molecule has 1 heterocycles. The number of morpholine rings is 1. The van der Waals surface area contributed by atoms with Gasteiger partial charge in [0, 0.05) is 13.1 Å². The summed E-state index contributed by atoms with van der Waals surface area (Å²) in [6, 6.07) is 8.33.